The molecule has 1 heterocycles. The number of aliphatic hydroxyl groups is 1. The molecule has 0 radical (unpaired) electrons. The molecule has 0 spiro atoms. The quantitative estimate of drug-likeness (QED) is 0.809. The van der Waals surface area contributed by atoms with Crippen molar-refractivity contribution in [2.45, 2.75) is 45.3 Å². The number of aliphatic hydroxyl groups excluding tert-OH is 1. The molecule has 0 saturated carbocycles. The summed E-state index contributed by atoms with van der Waals surface area (Å²) in [6.07, 6.45) is 1.87. The second-order valence-corrected chi connectivity index (χ2v) is 6.33. The summed E-state index contributed by atoms with van der Waals surface area (Å²) >= 11 is 0. The van der Waals surface area contributed by atoms with E-state index in [9.17, 15) is 4.79 Å². The first kappa shape index (κ1) is 17.8. The van der Waals surface area contributed by atoms with Crippen molar-refractivity contribution in [1.29, 1.82) is 0 Å². The summed E-state index contributed by atoms with van der Waals surface area (Å²) in [7, 11) is 0. The maximum atomic E-state index is 12.4. The van der Waals surface area contributed by atoms with Crippen molar-refractivity contribution in [3.8, 4) is 0 Å². The van der Waals surface area contributed by atoms with Crippen LogP contribution < -0.4 is 5.32 Å². The molecule has 5 heteroatoms. The first-order valence-corrected chi connectivity index (χ1v) is 8.58. The molecule has 1 aromatic rings. The third-order valence-corrected chi connectivity index (χ3v) is 4.57. The van der Waals surface area contributed by atoms with Gasteiger partial charge in [-0.1, -0.05) is 37.3 Å². The Hall–Kier alpha value is -1.59. The summed E-state index contributed by atoms with van der Waals surface area (Å²) in [6, 6.07) is 10.7. The van der Waals surface area contributed by atoms with Crippen molar-refractivity contribution < 1.29 is 9.90 Å². The summed E-state index contributed by atoms with van der Waals surface area (Å²) in [4.78, 5) is 16.6. The van der Waals surface area contributed by atoms with E-state index in [0.717, 1.165) is 32.5 Å². The molecule has 2 atom stereocenters. The van der Waals surface area contributed by atoms with E-state index in [4.69, 9.17) is 5.11 Å². The second kappa shape index (κ2) is 8.89. The van der Waals surface area contributed by atoms with Crippen LogP contribution in [0.3, 0.4) is 0 Å². The molecule has 1 aliphatic heterocycles. The number of benzene rings is 1. The van der Waals surface area contributed by atoms with Gasteiger partial charge in [0.05, 0.1) is 6.61 Å². The fourth-order valence-electron chi connectivity index (χ4n) is 3.04. The van der Waals surface area contributed by atoms with Crippen LogP contribution >= 0.6 is 0 Å². The van der Waals surface area contributed by atoms with Crippen molar-refractivity contribution in [1.82, 2.24) is 15.1 Å². The Morgan fingerprint density at radius 3 is 2.83 bits per heavy atom. The molecule has 0 aromatic heterocycles. The zero-order chi connectivity index (χ0) is 16.7. The van der Waals surface area contributed by atoms with Crippen molar-refractivity contribution in [2.24, 2.45) is 0 Å². The molecule has 128 valence electrons. The number of amides is 2. The first-order valence-electron chi connectivity index (χ1n) is 8.58. The number of likely N-dealkylation sites (tertiary alicyclic amines) is 1. The van der Waals surface area contributed by atoms with E-state index < -0.39 is 0 Å². The number of carbonyl (C=O) groups excluding carboxylic acids is 1. The highest BCUT2D eigenvalue weighted by Crippen LogP contribution is 2.14. The predicted molar refractivity (Wildman–Crippen MR) is 92.2 cm³/mol. The molecule has 1 fully saturated rings. The van der Waals surface area contributed by atoms with Gasteiger partial charge in [0.2, 0.25) is 0 Å². The fraction of sp³-hybridized carbons (Fsp3) is 0.611. The Balaban J connectivity index is 1.83. The molecule has 2 N–H and O–H groups in total. The van der Waals surface area contributed by atoms with E-state index in [1.54, 1.807) is 4.90 Å². The third kappa shape index (κ3) is 5.22. The zero-order valence-electron chi connectivity index (χ0n) is 14.2. The van der Waals surface area contributed by atoms with Gasteiger partial charge in [0.25, 0.3) is 0 Å². The molecule has 5 nitrogen and oxygen atoms in total. The lowest BCUT2D eigenvalue weighted by Crippen LogP contribution is -2.50. The van der Waals surface area contributed by atoms with Crippen LogP contribution in [0.5, 0.6) is 0 Å². The molecule has 23 heavy (non-hydrogen) atoms. The van der Waals surface area contributed by atoms with Gasteiger partial charge in [-0.05, 0) is 25.3 Å². The fourth-order valence-corrected chi connectivity index (χ4v) is 3.04. The summed E-state index contributed by atoms with van der Waals surface area (Å²) in [5.74, 6) is 0. The number of hydrogen-bond acceptors (Lipinski definition) is 3. The minimum absolute atomic E-state index is 0.00254. The average molecular weight is 319 g/mol. The molecule has 1 aromatic carbocycles. The minimum Gasteiger partial charge on any atom is -0.395 e. The Morgan fingerprint density at radius 2 is 2.17 bits per heavy atom. The number of urea groups is 1. The van der Waals surface area contributed by atoms with Gasteiger partial charge >= 0.3 is 6.03 Å². The smallest absolute Gasteiger partial charge is 0.317 e. The molecule has 0 unspecified atom stereocenters. The summed E-state index contributed by atoms with van der Waals surface area (Å²) < 4.78 is 0. The Labute approximate surface area is 139 Å². The van der Waals surface area contributed by atoms with Crippen LogP contribution in [-0.4, -0.2) is 59.3 Å². The largest absolute Gasteiger partial charge is 0.395 e. The van der Waals surface area contributed by atoms with E-state index in [-0.39, 0.29) is 24.7 Å². The van der Waals surface area contributed by atoms with Crippen LogP contribution in [0.15, 0.2) is 30.3 Å². The topological polar surface area (TPSA) is 55.8 Å². The highest BCUT2D eigenvalue weighted by molar-refractivity contribution is 5.75. The average Bonchev–Trinajstić information content (AvgIpc) is 2.99. The van der Waals surface area contributed by atoms with Crippen LogP contribution in [0.1, 0.15) is 32.3 Å². The van der Waals surface area contributed by atoms with Gasteiger partial charge < -0.3 is 15.3 Å². The summed E-state index contributed by atoms with van der Waals surface area (Å²) in [5, 5.41) is 12.3. The van der Waals surface area contributed by atoms with E-state index in [0.29, 0.717) is 6.54 Å². The molecule has 2 amide bonds. The van der Waals surface area contributed by atoms with Crippen LogP contribution in [0.4, 0.5) is 4.79 Å². The highest BCUT2D eigenvalue weighted by Gasteiger charge is 2.26. The van der Waals surface area contributed by atoms with E-state index >= 15 is 0 Å². The van der Waals surface area contributed by atoms with E-state index in [2.05, 4.69) is 41.4 Å². The van der Waals surface area contributed by atoms with Crippen LogP contribution in [0, 0.1) is 0 Å². The van der Waals surface area contributed by atoms with Gasteiger partial charge in [-0.3, -0.25) is 4.90 Å². The van der Waals surface area contributed by atoms with Crippen molar-refractivity contribution in [3.63, 3.8) is 0 Å². The normalized spacial score (nSPS) is 19.5. The lowest BCUT2D eigenvalue weighted by atomic mass is 10.2. The lowest BCUT2D eigenvalue weighted by molar-refractivity contribution is 0.152. The number of rotatable bonds is 7. The van der Waals surface area contributed by atoms with E-state index in [1.165, 1.54) is 5.56 Å². The van der Waals surface area contributed by atoms with Gasteiger partial charge in [-0.25, -0.2) is 4.79 Å². The molecule has 0 bridgehead atoms. The second-order valence-electron chi connectivity index (χ2n) is 6.33. The number of nitrogens with zero attached hydrogens (tertiary/aromatic N) is 2. The van der Waals surface area contributed by atoms with Crippen molar-refractivity contribution >= 4 is 6.03 Å². The van der Waals surface area contributed by atoms with Crippen molar-refractivity contribution in [2.75, 3.05) is 26.2 Å². The van der Waals surface area contributed by atoms with Crippen molar-refractivity contribution in [3.05, 3.63) is 35.9 Å². The molecule has 1 saturated heterocycles. The van der Waals surface area contributed by atoms with Crippen LogP contribution in [0.2, 0.25) is 0 Å². The van der Waals surface area contributed by atoms with Gasteiger partial charge in [0, 0.05) is 38.3 Å². The Bertz CT molecular complexity index is 480. The van der Waals surface area contributed by atoms with Gasteiger partial charge in [-0.2, -0.15) is 0 Å². The third-order valence-electron chi connectivity index (χ3n) is 4.57. The monoisotopic (exact) mass is 319 g/mol. The Kier molecular flexibility index (Phi) is 6.86. The maximum absolute atomic E-state index is 12.4. The van der Waals surface area contributed by atoms with Gasteiger partial charge in [0.15, 0.2) is 0 Å². The molecular formula is C18H29N3O2. The van der Waals surface area contributed by atoms with Crippen LogP contribution in [0.25, 0.3) is 0 Å². The lowest BCUT2D eigenvalue weighted by Gasteiger charge is -2.29. The van der Waals surface area contributed by atoms with E-state index in [1.807, 2.05) is 13.0 Å². The van der Waals surface area contributed by atoms with Gasteiger partial charge in [-0.15, -0.1) is 0 Å². The highest BCUT2D eigenvalue weighted by atomic mass is 16.3. The molecule has 2 rings (SSSR count). The van der Waals surface area contributed by atoms with Gasteiger partial charge in [0.1, 0.15) is 0 Å². The molecule has 1 aliphatic rings. The molecular weight excluding hydrogens is 290 g/mol. The number of hydrogen-bond donors (Lipinski definition) is 2. The summed E-state index contributed by atoms with van der Waals surface area (Å²) in [5.41, 5.74) is 1.31. The standard InChI is InChI=1S/C18H29N3O2/c1-3-15(2)21(11-12-22)18(23)19-17-9-10-20(14-17)13-16-7-5-4-6-8-16/h4-8,15,17,22H,3,9-14H2,1-2H3,(H,19,23)/t15-,17+/m1/s1. The minimum atomic E-state index is -0.0556. The Morgan fingerprint density at radius 1 is 1.43 bits per heavy atom. The molecule has 0 aliphatic carbocycles. The number of nitrogens with one attached hydrogen (secondary N) is 1. The SMILES string of the molecule is CC[C@@H](C)N(CCO)C(=O)N[C@H]1CCN(Cc2ccccc2)C1. The van der Waals surface area contributed by atoms with Crippen LogP contribution in [-0.2, 0) is 6.54 Å². The number of carbonyl (C=O) groups is 1. The first-order chi connectivity index (χ1) is 11.1. The zero-order valence-corrected chi connectivity index (χ0v) is 14.2. The summed E-state index contributed by atoms with van der Waals surface area (Å²) in [6.45, 7) is 7.28. The maximum Gasteiger partial charge on any atom is 0.317 e. The predicted octanol–water partition coefficient (Wildman–Crippen LogP) is 2.06.